The first-order valence-electron chi connectivity index (χ1n) is 4.56. The maximum atomic E-state index is 5.96. The molecule has 1 aliphatic carbocycles. The highest BCUT2D eigenvalue weighted by atomic mass is 16.3. The molecule has 2 rings (SSSR count). The van der Waals surface area contributed by atoms with E-state index in [4.69, 9.17) is 10.2 Å². The van der Waals surface area contributed by atoms with E-state index in [2.05, 4.69) is 0 Å². The first kappa shape index (κ1) is 7.87. The van der Waals surface area contributed by atoms with Gasteiger partial charge in [-0.3, -0.25) is 0 Å². The summed E-state index contributed by atoms with van der Waals surface area (Å²) in [6, 6.07) is 4.34. The van der Waals surface area contributed by atoms with Crippen LogP contribution in [0.25, 0.3) is 0 Å². The van der Waals surface area contributed by atoms with Gasteiger partial charge in [-0.25, -0.2) is 0 Å². The average Bonchev–Trinajstić information content (AvgIpc) is 2.78. The van der Waals surface area contributed by atoms with Crippen molar-refractivity contribution < 1.29 is 4.42 Å². The molecule has 0 bridgehead atoms. The lowest BCUT2D eigenvalue weighted by atomic mass is 10.1. The maximum absolute atomic E-state index is 5.96. The molecule has 1 fully saturated rings. The van der Waals surface area contributed by atoms with Crippen molar-refractivity contribution >= 4 is 0 Å². The van der Waals surface area contributed by atoms with Crippen molar-refractivity contribution in [2.45, 2.75) is 32.2 Å². The molecule has 2 nitrogen and oxygen atoms in total. The second-order valence-corrected chi connectivity index (χ2v) is 3.72. The molecule has 0 amide bonds. The van der Waals surface area contributed by atoms with E-state index >= 15 is 0 Å². The summed E-state index contributed by atoms with van der Waals surface area (Å²) in [5.41, 5.74) is 5.96. The zero-order valence-corrected chi connectivity index (χ0v) is 7.42. The van der Waals surface area contributed by atoms with Crippen LogP contribution in [0.5, 0.6) is 0 Å². The number of hydrogen-bond acceptors (Lipinski definition) is 2. The largest absolute Gasteiger partial charge is 0.466 e. The van der Waals surface area contributed by atoms with Gasteiger partial charge in [-0.2, -0.15) is 0 Å². The summed E-state index contributed by atoms with van der Waals surface area (Å²) < 4.78 is 5.45. The van der Waals surface area contributed by atoms with Crippen LogP contribution in [0.2, 0.25) is 0 Å². The maximum Gasteiger partial charge on any atom is 0.105 e. The molecule has 1 unspecified atom stereocenters. The zero-order valence-electron chi connectivity index (χ0n) is 7.42. The van der Waals surface area contributed by atoms with Crippen molar-refractivity contribution in [3.05, 3.63) is 23.7 Å². The van der Waals surface area contributed by atoms with Crippen LogP contribution in [-0.2, 0) is 6.42 Å². The minimum atomic E-state index is 0.315. The highest BCUT2D eigenvalue weighted by Crippen LogP contribution is 2.32. The lowest BCUT2D eigenvalue weighted by molar-refractivity contribution is 0.450. The molecule has 1 aromatic rings. The second-order valence-electron chi connectivity index (χ2n) is 3.72. The fraction of sp³-hybridized carbons (Fsp3) is 0.600. The molecule has 0 saturated heterocycles. The van der Waals surface area contributed by atoms with Crippen LogP contribution < -0.4 is 5.73 Å². The third kappa shape index (κ3) is 1.69. The Kier molecular flexibility index (Phi) is 1.93. The molecule has 1 atom stereocenters. The van der Waals surface area contributed by atoms with Crippen LogP contribution in [0, 0.1) is 12.8 Å². The molecule has 1 aromatic heterocycles. The lowest BCUT2D eigenvalue weighted by Gasteiger charge is -2.06. The topological polar surface area (TPSA) is 39.2 Å². The lowest BCUT2D eigenvalue weighted by Crippen LogP contribution is -2.24. The number of aryl methyl sites for hydroxylation is 1. The van der Waals surface area contributed by atoms with Gasteiger partial charge in [0.1, 0.15) is 11.5 Å². The minimum absolute atomic E-state index is 0.315. The number of rotatable bonds is 3. The molecule has 0 aromatic carbocycles. The molecule has 12 heavy (non-hydrogen) atoms. The van der Waals surface area contributed by atoms with Crippen LogP contribution in [0.15, 0.2) is 16.5 Å². The van der Waals surface area contributed by atoms with E-state index in [0.29, 0.717) is 6.04 Å². The Bertz CT molecular complexity index is 263. The van der Waals surface area contributed by atoms with Gasteiger partial charge in [0.15, 0.2) is 0 Å². The van der Waals surface area contributed by atoms with E-state index in [0.717, 1.165) is 23.9 Å². The summed E-state index contributed by atoms with van der Waals surface area (Å²) in [5.74, 6) is 2.77. The summed E-state index contributed by atoms with van der Waals surface area (Å²) in [6.07, 6.45) is 3.51. The van der Waals surface area contributed by atoms with E-state index in [-0.39, 0.29) is 0 Å². The average molecular weight is 165 g/mol. The molecule has 2 heteroatoms. The van der Waals surface area contributed by atoms with Gasteiger partial charge in [-0.05, 0) is 37.8 Å². The second kappa shape index (κ2) is 2.94. The molecule has 1 saturated carbocycles. The van der Waals surface area contributed by atoms with Gasteiger partial charge in [-0.15, -0.1) is 0 Å². The number of furan rings is 1. The fourth-order valence-corrected chi connectivity index (χ4v) is 1.52. The van der Waals surface area contributed by atoms with Crippen LogP contribution in [0.3, 0.4) is 0 Å². The van der Waals surface area contributed by atoms with Crippen molar-refractivity contribution in [2.75, 3.05) is 0 Å². The summed E-state index contributed by atoms with van der Waals surface area (Å²) in [4.78, 5) is 0. The van der Waals surface area contributed by atoms with Gasteiger partial charge in [-0.1, -0.05) is 0 Å². The Morgan fingerprint density at radius 2 is 2.33 bits per heavy atom. The Labute approximate surface area is 72.7 Å². The molecule has 0 radical (unpaired) electrons. The smallest absolute Gasteiger partial charge is 0.105 e. The van der Waals surface area contributed by atoms with Gasteiger partial charge >= 0.3 is 0 Å². The van der Waals surface area contributed by atoms with E-state index in [1.54, 1.807) is 0 Å². The Morgan fingerprint density at radius 3 is 2.83 bits per heavy atom. The fourth-order valence-electron chi connectivity index (χ4n) is 1.52. The van der Waals surface area contributed by atoms with E-state index in [1.807, 2.05) is 19.1 Å². The van der Waals surface area contributed by atoms with Crippen LogP contribution in [0.4, 0.5) is 0 Å². The van der Waals surface area contributed by atoms with Crippen molar-refractivity contribution in [1.82, 2.24) is 0 Å². The molecular formula is C10H15NO. The van der Waals surface area contributed by atoms with Gasteiger partial charge < -0.3 is 10.2 Å². The highest BCUT2D eigenvalue weighted by molar-refractivity contribution is 5.07. The number of nitrogens with two attached hydrogens (primary N) is 1. The third-order valence-corrected chi connectivity index (χ3v) is 2.46. The quantitative estimate of drug-likeness (QED) is 0.742. The Hall–Kier alpha value is -0.760. The monoisotopic (exact) mass is 165 g/mol. The molecule has 2 N–H and O–H groups in total. The molecule has 0 aliphatic heterocycles. The first-order chi connectivity index (χ1) is 5.75. The summed E-state index contributed by atoms with van der Waals surface area (Å²) in [5, 5.41) is 0. The first-order valence-corrected chi connectivity index (χ1v) is 4.56. The predicted octanol–water partition coefficient (Wildman–Crippen LogP) is 1.87. The van der Waals surface area contributed by atoms with E-state index in [1.165, 1.54) is 12.8 Å². The van der Waals surface area contributed by atoms with Gasteiger partial charge in [0.05, 0.1) is 0 Å². The molecule has 0 spiro atoms. The minimum Gasteiger partial charge on any atom is -0.466 e. The Balaban J connectivity index is 1.93. The van der Waals surface area contributed by atoms with Gasteiger partial charge in [0.2, 0.25) is 0 Å². The third-order valence-electron chi connectivity index (χ3n) is 2.46. The summed E-state index contributed by atoms with van der Waals surface area (Å²) in [7, 11) is 0. The summed E-state index contributed by atoms with van der Waals surface area (Å²) in [6.45, 7) is 1.96. The molecule has 1 heterocycles. The Morgan fingerprint density at radius 1 is 1.58 bits per heavy atom. The number of hydrogen-bond donors (Lipinski definition) is 1. The molecule has 1 aliphatic rings. The zero-order chi connectivity index (χ0) is 8.55. The standard InChI is InChI=1S/C10H15NO/c1-7-2-5-9(12-7)6-10(11)8-3-4-8/h2,5,8,10H,3-4,6,11H2,1H3. The van der Waals surface area contributed by atoms with Gasteiger partial charge in [0, 0.05) is 12.5 Å². The van der Waals surface area contributed by atoms with Crippen LogP contribution >= 0.6 is 0 Å². The summed E-state index contributed by atoms with van der Waals surface area (Å²) >= 11 is 0. The van der Waals surface area contributed by atoms with E-state index < -0.39 is 0 Å². The molecule has 66 valence electrons. The van der Waals surface area contributed by atoms with Gasteiger partial charge in [0.25, 0.3) is 0 Å². The normalized spacial score (nSPS) is 19.5. The van der Waals surface area contributed by atoms with Crippen molar-refractivity contribution in [3.8, 4) is 0 Å². The van der Waals surface area contributed by atoms with Crippen molar-refractivity contribution in [1.29, 1.82) is 0 Å². The van der Waals surface area contributed by atoms with Crippen molar-refractivity contribution in [2.24, 2.45) is 11.7 Å². The molecular weight excluding hydrogens is 150 g/mol. The van der Waals surface area contributed by atoms with Crippen molar-refractivity contribution in [3.63, 3.8) is 0 Å². The predicted molar refractivity (Wildman–Crippen MR) is 47.8 cm³/mol. The van der Waals surface area contributed by atoms with Crippen LogP contribution in [-0.4, -0.2) is 6.04 Å². The van der Waals surface area contributed by atoms with Crippen LogP contribution in [0.1, 0.15) is 24.4 Å². The SMILES string of the molecule is Cc1ccc(CC(N)C2CC2)o1. The van der Waals surface area contributed by atoms with E-state index in [9.17, 15) is 0 Å². The highest BCUT2D eigenvalue weighted by Gasteiger charge is 2.28.